The molecule has 1 heterocycles. The molecule has 1 rings (SSSR count). The van der Waals surface area contributed by atoms with Gasteiger partial charge in [0.05, 0.1) is 13.7 Å². The minimum absolute atomic E-state index is 0.840. The van der Waals surface area contributed by atoms with Crippen LogP contribution in [0.15, 0.2) is 12.0 Å². The van der Waals surface area contributed by atoms with E-state index in [9.17, 15) is 0 Å². The van der Waals surface area contributed by atoms with Crippen molar-refractivity contribution in [1.82, 2.24) is 0 Å². The van der Waals surface area contributed by atoms with Crippen LogP contribution in [0.3, 0.4) is 0 Å². The molecule has 1 aliphatic rings. The normalized spacial score (nSPS) is 18.9. The van der Waals surface area contributed by atoms with Crippen molar-refractivity contribution in [3.05, 3.63) is 12.0 Å². The summed E-state index contributed by atoms with van der Waals surface area (Å²) in [5, 5.41) is 0. The summed E-state index contributed by atoms with van der Waals surface area (Å²) in [6.45, 7) is 0.840. The molecular weight excluding hydrogens is 104 g/mol. The van der Waals surface area contributed by atoms with Crippen molar-refractivity contribution in [2.45, 2.75) is 12.8 Å². The highest BCUT2D eigenvalue weighted by Gasteiger charge is 2.01. The number of hydrogen-bond acceptors (Lipinski definition) is 2. The van der Waals surface area contributed by atoms with E-state index in [1.807, 2.05) is 0 Å². The molecule has 1 aliphatic heterocycles. The molecule has 0 amide bonds. The Balaban J connectivity index is 2.37. The van der Waals surface area contributed by atoms with Crippen LogP contribution in [0.4, 0.5) is 0 Å². The van der Waals surface area contributed by atoms with Gasteiger partial charge >= 0.3 is 0 Å². The average molecular weight is 114 g/mol. The fourth-order valence-electron chi connectivity index (χ4n) is 0.691. The summed E-state index contributed by atoms with van der Waals surface area (Å²) in [4.78, 5) is 0. The Bertz CT molecular complexity index is 96.7. The molecule has 46 valence electrons. The van der Waals surface area contributed by atoms with E-state index in [1.165, 1.54) is 0 Å². The maximum Gasteiger partial charge on any atom is 0.130 e. The number of rotatable bonds is 1. The highest BCUT2D eigenvalue weighted by atomic mass is 16.5. The van der Waals surface area contributed by atoms with Gasteiger partial charge in [-0.3, -0.25) is 0 Å². The molecule has 0 bridgehead atoms. The molecule has 0 saturated heterocycles. The van der Waals surface area contributed by atoms with Crippen LogP contribution in [0.25, 0.3) is 0 Å². The lowest BCUT2D eigenvalue weighted by atomic mass is 10.2. The Hall–Kier alpha value is -0.660. The third-order valence-corrected chi connectivity index (χ3v) is 1.16. The zero-order chi connectivity index (χ0) is 5.82. The van der Waals surface area contributed by atoms with Crippen LogP contribution >= 0.6 is 0 Å². The van der Waals surface area contributed by atoms with Gasteiger partial charge in [-0.15, -0.1) is 0 Å². The second-order valence-electron chi connectivity index (χ2n) is 1.76. The summed E-state index contributed by atoms with van der Waals surface area (Å²) in [6.07, 6.45) is 3.79. The van der Waals surface area contributed by atoms with Gasteiger partial charge in [-0.2, -0.15) is 0 Å². The van der Waals surface area contributed by atoms with Crippen LogP contribution < -0.4 is 0 Å². The largest absolute Gasteiger partial charge is 0.498 e. The van der Waals surface area contributed by atoms with Crippen molar-refractivity contribution < 1.29 is 9.47 Å². The molecule has 2 nitrogen and oxygen atoms in total. The first-order chi connectivity index (χ1) is 3.93. The fraction of sp³-hybridized carbons (Fsp3) is 0.667. The molecule has 0 atom stereocenters. The molecule has 0 aromatic heterocycles. The third kappa shape index (κ3) is 1.15. The molecular formula is C6H10O2. The Morgan fingerprint density at radius 3 is 3.00 bits per heavy atom. The van der Waals surface area contributed by atoms with Gasteiger partial charge in [0.1, 0.15) is 12.0 Å². The van der Waals surface area contributed by atoms with Crippen LogP contribution in [-0.2, 0) is 9.47 Å². The Morgan fingerprint density at radius 2 is 2.62 bits per heavy atom. The molecule has 0 N–H and O–H groups in total. The predicted octanol–water partition coefficient (Wildman–Crippen LogP) is 1.28. The predicted molar refractivity (Wildman–Crippen MR) is 30.3 cm³/mol. The van der Waals surface area contributed by atoms with E-state index in [1.54, 1.807) is 13.4 Å². The van der Waals surface area contributed by atoms with Gasteiger partial charge in [-0.1, -0.05) is 0 Å². The first-order valence-electron chi connectivity index (χ1n) is 2.78. The molecule has 0 unspecified atom stereocenters. The van der Waals surface area contributed by atoms with E-state index in [0.29, 0.717) is 0 Å². The number of ether oxygens (including phenoxy) is 2. The second-order valence-corrected chi connectivity index (χ2v) is 1.76. The maximum absolute atomic E-state index is 4.99. The molecule has 0 fully saturated rings. The molecule has 0 radical (unpaired) electrons. The average Bonchev–Trinajstić information content (AvgIpc) is 1.90. The lowest BCUT2D eigenvalue weighted by Crippen LogP contribution is -1.99. The van der Waals surface area contributed by atoms with Crippen LogP contribution in [0.1, 0.15) is 12.8 Å². The highest BCUT2D eigenvalue weighted by molar-refractivity contribution is 4.89. The molecule has 0 spiro atoms. The van der Waals surface area contributed by atoms with E-state index < -0.39 is 0 Å². The summed E-state index contributed by atoms with van der Waals surface area (Å²) in [6, 6.07) is 0. The Labute approximate surface area is 49.1 Å². The zero-order valence-corrected chi connectivity index (χ0v) is 5.02. The summed E-state index contributed by atoms with van der Waals surface area (Å²) < 4.78 is 9.91. The third-order valence-electron chi connectivity index (χ3n) is 1.16. The molecule has 0 aliphatic carbocycles. The van der Waals surface area contributed by atoms with Crippen LogP contribution in [0.5, 0.6) is 0 Å². The molecule has 0 aromatic rings. The van der Waals surface area contributed by atoms with E-state index >= 15 is 0 Å². The van der Waals surface area contributed by atoms with Gasteiger partial charge in [0.2, 0.25) is 0 Å². The summed E-state index contributed by atoms with van der Waals surface area (Å²) >= 11 is 0. The van der Waals surface area contributed by atoms with Crippen molar-refractivity contribution >= 4 is 0 Å². The van der Waals surface area contributed by atoms with Gasteiger partial charge in [-0.25, -0.2) is 0 Å². The lowest BCUT2D eigenvalue weighted by Gasteiger charge is -2.11. The summed E-state index contributed by atoms with van der Waals surface area (Å²) in [7, 11) is 1.67. The fourth-order valence-corrected chi connectivity index (χ4v) is 0.691. The van der Waals surface area contributed by atoms with Crippen LogP contribution in [0.2, 0.25) is 0 Å². The lowest BCUT2D eigenvalue weighted by molar-refractivity contribution is 0.168. The Morgan fingerprint density at radius 1 is 1.75 bits per heavy atom. The van der Waals surface area contributed by atoms with Crippen molar-refractivity contribution in [1.29, 1.82) is 0 Å². The minimum atomic E-state index is 0.840. The van der Waals surface area contributed by atoms with Gasteiger partial charge < -0.3 is 9.47 Å². The van der Waals surface area contributed by atoms with Gasteiger partial charge in [-0.05, 0) is 6.42 Å². The molecule has 0 aromatic carbocycles. The van der Waals surface area contributed by atoms with Crippen molar-refractivity contribution in [2.75, 3.05) is 13.7 Å². The standard InChI is InChI=1S/C6H10O2/c1-7-6-3-2-4-8-5-6/h5H,2-4H2,1H3. The van der Waals surface area contributed by atoms with Gasteiger partial charge in [0, 0.05) is 6.42 Å². The van der Waals surface area contributed by atoms with Gasteiger partial charge in [0.25, 0.3) is 0 Å². The zero-order valence-electron chi connectivity index (χ0n) is 5.02. The second kappa shape index (κ2) is 2.60. The first kappa shape index (κ1) is 5.48. The van der Waals surface area contributed by atoms with Crippen LogP contribution in [0, 0.1) is 0 Å². The molecule has 0 saturated carbocycles. The first-order valence-corrected chi connectivity index (χ1v) is 2.78. The Kier molecular flexibility index (Phi) is 1.78. The topological polar surface area (TPSA) is 18.5 Å². The van der Waals surface area contributed by atoms with E-state index in [2.05, 4.69) is 0 Å². The summed E-state index contributed by atoms with van der Waals surface area (Å²) in [5.74, 6) is 0.955. The van der Waals surface area contributed by atoms with Gasteiger partial charge in [0.15, 0.2) is 0 Å². The molecule has 2 heteroatoms. The van der Waals surface area contributed by atoms with E-state index in [0.717, 1.165) is 25.2 Å². The van der Waals surface area contributed by atoms with Crippen molar-refractivity contribution in [3.8, 4) is 0 Å². The monoisotopic (exact) mass is 114 g/mol. The maximum atomic E-state index is 4.99. The SMILES string of the molecule is COC1=COCCC1. The number of methoxy groups -OCH3 is 1. The van der Waals surface area contributed by atoms with E-state index in [4.69, 9.17) is 9.47 Å². The minimum Gasteiger partial charge on any atom is -0.498 e. The highest BCUT2D eigenvalue weighted by Crippen LogP contribution is 2.10. The van der Waals surface area contributed by atoms with Crippen molar-refractivity contribution in [2.24, 2.45) is 0 Å². The van der Waals surface area contributed by atoms with Crippen LogP contribution in [-0.4, -0.2) is 13.7 Å². The van der Waals surface area contributed by atoms with Crippen molar-refractivity contribution in [3.63, 3.8) is 0 Å². The summed E-state index contributed by atoms with van der Waals surface area (Å²) in [5.41, 5.74) is 0. The number of hydrogen-bond donors (Lipinski definition) is 0. The smallest absolute Gasteiger partial charge is 0.130 e. The molecule has 8 heavy (non-hydrogen) atoms. The number of allylic oxidation sites excluding steroid dienone is 1. The quantitative estimate of drug-likeness (QED) is 0.511. The van der Waals surface area contributed by atoms with E-state index in [-0.39, 0.29) is 0 Å².